The van der Waals surface area contributed by atoms with Crippen LogP contribution in [0.4, 0.5) is 22.1 Å². The van der Waals surface area contributed by atoms with Crippen molar-refractivity contribution in [1.29, 1.82) is 0 Å². The van der Waals surface area contributed by atoms with Crippen molar-refractivity contribution in [2.75, 3.05) is 43.0 Å². The minimum Gasteiger partial charge on any atom is -0.450 e. The molecule has 1 aliphatic rings. The van der Waals surface area contributed by atoms with Gasteiger partial charge in [-0.3, -0.25) is 0 Å². The van der Waals surface area contributed by atoms with E-state index in [4.69, 9.17) is 4.74 Å². The molecule has 1 amide bonds. The highest BCUT2D eigenvalue weighted by Crippen LogP contribution is 2.30. The van der Waals surface area contributed by atoms with Gasteiger partial charge in [0.1, 0.15) is 17.5 Å². The molecule has 29 heavy (non-hydrogen) atoms. The van der Waals surface area contributed by atoms with Crippen molar-refractivity contribution >= 4 is 23.4 Å². The van der Waals surface area contributed by atoms with Gasteiger partial charge in [0.15, 0.2) is 0 Å². The third kappa shape index (κ3) is 4.96. The minimum absolute atomic E-state index is 0.242. The Kier molecular flexibility index (Phi) is 6.56. The van der Waals surface area contributed by atoms with Gasteiger partial charge in [0, 0.05) is 37.9 Å². The SMILES string of the molecule is CCOC(=O)N1CCN(c2cc(Nc3c(C)cccc3C(C)C)nc(C)n2)CC1. The Morgan fingerprint density at radius 1 is 1.17 bits per heavy atom. The van der Waals surface area contributed by atoms with Crippen LogP contribution in [-0.2, 0) is 4.74 Å². The lowest BCUT2D eigenvalue weighted by molar-refractivity contribution is 0.105. The summed E-state index contributed by atoms with van der Waals surface area (Å²) in [4.78, 5) is 25.1. The number of carbonyl (C=O) groups excluding carboxylic acids is 1. The topological polar surface area (TPSA) is 70.6 Å². The first-order chi connectivity index (χ1) is 13.9. The quantitative estimate of drug-likeness (QED) is 0.814. The van der Waals surface area contributed by atoms with Crippen LogP contribution in [0.3, 0.4) is 0 Å². The molecule has 2 heterocycles. The smallest absolute Gasteiger partial charge is 0.409 e. The van der Waals surface area contributed by atoms with Crippen LogP contribution in [0, 0.1) is 13.8 Å². The molecule has 1 aromatic carbocycles. The summed E-state index contributed by atoms with van der Waals surface area (Å²) < 4.78 is 5.10. The molecule has 7 nitrogen and oxygen atoms in total. The Balaban J connectivity index is 1.78. The van der Waals surface area contributed by atoms with Crippen LogP contribution in [0.1, 0.15) is 43.6 Å². The number of amides is 1. The highest BCUT2D eigenvalue weighted by atomic mass is 16.6. The van der Waals surface area contributed by atoms with E-state index in [2.05, 4.69) is 59.2 Å². The Morgan fingerprint density at radius 2 is 1.90 bits per heavy atom. The number of hydrogen-bond acceptors (Lipinski definition) is 6. The van der Waals surface area contributed by atoms with Crippen LogP contribution >= 0.6 is 0 Å². The van der Waals surface area contributed by atoms with Gasteiger partial charge in [0.25, 0.3) is 0 Å². The lowest BCUT2D eigenvalue weighted by atomic mass is 9.98. The zero-order valence-corrected chi connectivity index (χ0v) is 18.0. The first-order valence-corrected chi connectivity index (χ1v) is 10.3. The number of nitrogens with zero attached hydrogens (tertiary/aromatic N) is 4. The molecule has 1 aliphatic heterocycles. The Bertz CT molecular complexity index is 860. The first-order valence-electron chi connectivity index (χ1n) is 10.3. The lowest BCUT2D eigenvalue weighted by Gasteiger charge is -2.34. The fraction of sp³-hybridized carbons (Fsp3) is 0.500. The van der Waals surface area contributed by atoms with Gasteiger partial charge in [0.05, 0.1) is 6.61 Å². The second-order valence-corrected chi connectivity index (χ2v) is 7.65. The van der Waals surface area contributed by atoms with Crippen molar-refractivity contribution in [3.63, 3.8) is 0 Å². The van der Waals surface area contributed by atoms with Gasteiger partial charge in [-0.1, -0.05) is 32.0 Å². The molecule has 0 bridgehead atoms. The number of anilines is 3. The number of piperazine rings is 1. The maximum absolute atomic E-state index is 11.9. The Morgan fingerprint density at radius 3 is 2.55 bits per heavy atom. The van der Waals surface area contributed by atoms with Gasteiger partial charge in [-0.15, -0.1) is 0 Å². The third-order valence-electron chi connectivity index (χ3n) is 5.13. The molecular formula is C22H31N5O2. The third-order valence-corrected chi connectivity index (χ3v) is 5.13. The van der Waals surface area contributed by atoms with Crippen LogP contribution in [-0.4, -0.2) is 53.7 Å². The molecule has 0 aliphatic carbocycles. The number of aromatic nitrogens is 2. The van der Waals surface area contributed by atoms with Crippen molar-refractivity contribution in [2.45, 2.75) is 40.5 Å². The van der Waals surface area contributed by atoms with E-state index in [0.717, 1.165) is 36.2 Å². The maximum atomic E-state index is 11.9. The summed E-state index contributed by atoms with van der Waals surface area (Å²) in [7, 11) is 0. The Labute approximate surface area is 173 Å². The second-order valence-electron chi connectivity index (χ2n) is 7.65. The predicted molar refractivity (Wildman–Crippen MR) is 116 cm³/mol. The summed E-state index contributed by atoms with van der Waals surface area (Å²) in [5.74, 6) is 2.80. The largest absolute Gasteiger partial charge is 0.450 e. The number of nitrogens with one attached hydrogen (secondary N) is 1. The summed E-state index contributed by atoms with van der Waals surface area (Å²) in [5.41, 5.74) is 3.57. The van der Waals surface area contributed by atoms with Crippen LogP contribution in [0.2, 0.25) is 0 Å². The molecule has 1 fully saturated rings. The molecule has 0 atom stereocenters. The molecule has 0 unspecified atom stereocenters. The molecule has 156 valence electrons. The van der Waals surface area contributed by atoms with Crippen LogP contribution in [0.5, 0.6) is 0 Å². The zero-order valence-electron chi connectivity index (χ0n) is 18.0. The van der Waals surface area contributed by atoms with Gasteiger partial charge in [-0.05, 0) is 37.8 Å². The molecule has 1 saturated heterocycles. The summed E-state index contributed by atoms with van der Waals surface area (Å²) in [5, 5.41) is 3.52. The van der Waals surface area contributed by atoms with E-state index in [0.29, 0.717) is 25.6 Å². The average Bonchev–Trinajstić information content (AvgIpc) is 2.69. The van der Waals surface area contributed by atoms with E-state index < -0.39 is 0 Å². The van der Waals surface area contributed by atoms with Crippen LogP contribution < -0.4 is 10.2 Å². The van der Waals surface area contributed by atoms with E-state index in [1.165, 1.54) is 11.1 Å². The molecule has 3 rings (SSSR count). The molecule has 0 radical (unpaired) electrons. The minimum atomic E-state index is -0.242. The summed E-state index contributed by atoms with van der Waals surface area (Å²) >= 11 is 0. The highest BCUT2D eigenvalue weighted by Gasteiger charge is 2.23. The van der Waals surface area contributed by atoms with Gasteiger partial charge in [0.2, 0.25) is 0 Å². The summed E-state index contributed by atoms with van der Waals surface area (Å²) in [6.07, 6.45) is -0.242. The molecule has 1 N–H and O–H groups in total. The molecular weight excluding hydrogens is 366 g/mol. The van der Waals surface area contributed by atoms with Crippen molar-refractivity contribution < 1.29 is 9.53 Å². The second kappa shape index (κ2) is 9.11. The van der Waals surface area contributed by atoms with Gasteiger partial charge in [-0.2, -0.15) is 0 Å². The van der Waals surface area contributed by atoms with E-state index in [-0.39, 0.29) is 6.09 Å². The zero-order chi connectivity index (χ0) is 21.0. The van der Waals surface area contributed by atoms with Gasteiger partial charge in [-0.25, -0.2) is 14.8 Å². The predicted octanol–water partition coefficient (Wildman–Crippen LogP) is 4.24. The van der Waals surface area contributed by atoms with Crippen LogP contribution in [0.15, 0.2) is 24.3 Å². The summed E-state index contributed by atoms with van der Waals surface area (Å²) in [6, 6.07) is 8.35. The van der Waals surface area contributed by atoms with E-state index >= 15 is 0 Å². The molecule has 0 saturated carbocycles. The molecule has 1 aromatic heterocycles. The number of benzene rings is 1. The fourth-order valence-corrected chi connectivity index (χ4v) is 3.58. The highest BCUT2D eigenvalue weighted by molar-refractivity contribution is 5.69. The lowest BCUT2D eigenvalue weighted by Crippen LogP contribution is -2.49. The fourth-order valence-electron chi connectivity index (χ4n) is 3.58. The number of aryl methyl sites for hydroxylation is 2. The molecule has 7 heteroatoms. The maximum Gasteiger partial charge on any atom is 0.409 e. The average molecular weight is 398 g/mol. The number of carbonyl (C=O) groups is 1. The van der Waals surface area contributed by atoms with E-state index in [1.54, 1.807) is 4.90 Å². The number of rotatable bonds is 5. The monoisotopic (exact) mass is 397 g/mol. The van der Waals surface area contributed by atoms with Gasteiger partial charge >= 0.3 is 6.09 Å². The standard InChI is InChI=1S/C22H31N5O2/c1-6-29-22(28)27-12-10-26(11-13-27)20-14-19(23-17(5)24-20)25-21-16(4)8-7-9-18(21)15(2)3/h7-9,14-15H,6,10-13H2,1-5H3,(H,23,24,25). The van der Waals surface area contributed by atoms with Crippen molar-refractivity contribution in [3.8, 4) is 0 Å². The van der Waals surface area contributed by atoms with Crippen molar-refractivity contribution in [3.05, 3.63) is 41.2 Å². The number of para-hydroxylation sites is 1. The van der Waals surface area contributed by atoms with E-state index in [9.17, 15) is 4.79 Å². The number of ether oxygens (including phenoxy) is 1. The summed E-state index contributed by atoms with van der Waals surface area (Å²) in [6.45, 7) is 13.3. The number of hydrogen-bond donors (Lipinski definition) is 1. The van der Waals surface area contributed by atoms with E-state index in [1.807, 2.05) is 19.9 Å². The van der Waals surface area contributed by atoms with Gasteiger partial charge < -0.3 is 19.9 Å². The normalized spacial score (nSPS) is 14.3. The Hall–Kier alpha value is -2.83. The van der Waals surface area contributed by atoms with Crippen molar-refractivity contribution in [1.82, 2.24) is 14.9 Å². The van der Waals surface area contributed by atoms with Crippen molar-refractivity contribution in [2.24, 2.45) is 0 Å². The van der Waals surface area contributed by atoms with Crippen LogP contribution in [0.25, 0.3) is 0 Å². The molecule has 2 aromatic rings. The first kappa shape index (κ1) is 20.9. The molecule has 0 spiro atoms.